The summed E-state index contributed by atoms with van der Waals surface area (Å²) in [5, 5.41) is 0. The zero-order valence-corrected chi connectivity index (χ0v) is 21.3. The third kappa shape index (κ3) is 9.51. The highest BCUT2D eigenvalue weighted by Gasteiger charge is 2.21. The largest absolute Gasteiger partial charge is 0.448 e. The fourth-order valence-corrected chi connectivity index (χ4v) is 3.97. The van der Waals surface area contributed by atoms with Crippen molar-refractivity contribution in [2.45, 2.75) is 30.3 Å². The minimum atomic E-state index is -0.651. The number of hydrogen-bond acceptors (Lipinski definition) is 4. The first-order valence-electron chi connectivity index (χ1n) is 11.9. The number of carbonyl (C=O) groups excluding carboxylic acids is 1. The van der Waals surface area contributed by atoms with Gasteiger partial charge < -0.3 is 9.47 Å². The molecule has 0 aliphatic heterocycles. The van der Waals surface area contributed by atoms with E-state index < -0.39 is 12.1 Å². The van der Waals surface area contributed by atoms with E-state index in [-0.39, 0.29) is 0 Å². The van der Waals surface area contributed by atoms with E-state index in [0.717, 1.165) is 31.4 Å². The summed E-state index contributed by atoms with van der Waals surface area (Å²) >= 11 is 1.68. The van der Waals surface area contributed by atoms with Gasteiger partial charge in [0.15, 0.2) is 6.10 Å². The van der Waals surface area contributed by atoms with Crippen molar-refractivity contribution >= 4 is 17.7 Å². The Hall–Kier alpha value is -3.70. The van der Waals surface area contributed by atoms with Crippen LogP contribution in [0.1, 0.15) is 41.3 Å². The maximum atomic E-state index is 13.0. The van der Waals surface area contributed by atoms with E-state index in [0.29, 0.717) is 16.9 Å². The van der Waals surface area contributed by atoms with Gasteiger partial charge in [0, 0.05) is 31.1 Å². The van der Waals surface area contributed by atoms with Crippen molar-refractivity contribution in [3.05, 3.63) is 114 Å². The maximum Gasteiger partial charge on any atom is 0.339 e. The topological polar surface area (TPSA) is 35.5 Å². The van der Waals surface area contributed by atoms with Crippen LogP contribution in [-0.2, 0) is 9.47 Å². The van der Waals surface area contributed by atoms with Gasteiger partial charge in [-0.2, -0.15) is 0 Å². The minimum absolute atomic E-state index is 0.398. The number of benzene rings is 3. The summed E-state index contributed by atoms with van der Waals surface area (Å²) < 4.78 is 11.1. The van der Waals surface area contributed by atoms with Crippen LogP contribution in [-0.4, -0.2) is 25.4 Å². The Morgan fingerprint density at radius 3 is 2.25 bits per heavy atom. The average Bonchev–Trinajstić information content (AvgIpc) is 2.94. The van der Waals surface area contributed by atoms with Gasteiger partial charge in [0.1, 0.15) is 0 Å². The highest BCUT2D eigenvalue weighted by molar-refractivity contribution is 7.99. The molecule has 0 N–H and O–H groups in total. The molecule has 3 aromatic carbocycles. The Labute approximate surface area is 218 Å². The highest BCUT2D eigenvalue weighted by Crippen LogP contribution is 2.27. The highest BCUT2D eigenvalue weighted by atomic mass is 32.2. The standard InChI is InChI=1S/C32H30O3S/c1-34-25-15-3-2-7-17-28(20-14-16-26-36-30-23-12-6-13-24-30)31(27-18-8-4-9-19-27)35-32(33)29-21-10-5-11-22-29/h4-6,8-13,18-24,31H,2-3,15,25-26H2,1H3/b28-20-. The Balaban J connectivity index is 1.84. The molecule has 0 spiro atoms. The number of carbonyl (C=O) groups is 1. The Kier molecular flexibility index (Phi) is 12.0. The molecule has 0 saturated carbocycles. The van der Waals surface area contributed by atoms with Gasteiger partial charge in [-0.1, -0.05) is 90.4 Å². The number of hydrogen-bond donors (Lipinski definition) is 0. The monoisotopic (exact) mass is 494 g/mol. The van der Waals surface area contributed by atoms with Crippen molar-refractivity contribution in [3.8, 4) is 23.7 Å². The number of unbranched alkanes of at least 4 members (excludes halogenated alkanes) is 2. The molecule has 0 heterocycles. The average molecular weight is 495 g/mol. The molecule has 0 fully saturated rings. The number of ether oxygens (including phenoxy) is 2. The Bertz CT molecular complexity index is 1210. The maximum absolute atomic E-state index is 13.0. The predicted octanol–water partition coefficient (Wildman–Crippen LogP) is 7.13. The molecule has 0 saturated heterocycles. The number of thioether (sulfide) groups is 1. The van der Waals surface area contributed by atoms with E-state index in [9.17, 15) is 4.79 Å². The molecule has 0 aliphatic rings. The SMILES string of the molecule is COCCCCC#C/C(=C/C#CCSc1ccccc1)C(OC(=O)c1ccccc1)c1ccccc1. The van der Waals surface area contributed by atoms with E-state index in [1.165, 1.54) is 4.90 Å². The number of allylic oxidation sites excluding steroid dienone is 1. The van der Waals surface area contributed by atoms with Crippen LogP contribution in [0.15, 0.2) is 108 Å². The van der Waals surface area contributed by atoms with Crippen LogP contribution < -0.4 is 0 Å². The quantitative estimate of drug-likeness (QED) is 0.130. The van der Waals surface area contributed by atoms with E-state index in [2.05, 4.69) is 35.8 Å². The minimum Gasteiger partial charge on any atom is -0.448 e. The molecule has 0 aromatic heterocycles. The van der Waals surface area contributed by atoms with Gasteiger partial charge in [0.2, 0.25) is 0 Å². The summed E-state index contributed by atoms with van der Waals surface area (Å²) in [6.45, 7) is 0.719. The first-order valence-corrected chi connectivity index (χ1v) is 12.9. The molecule has 4 heteroatoms. The molecule has 3 aromatic rings. The first kappa shape index (κ1) is 26.9. The van der Waals surface area contributed by atoms with Crippen molar-refractivity contribution < 1.29 is 14.3 Å². The van der Waals surface area contributed by atoms with E-state index in [1.807, 2.05) is 66.7 Å². The van der Waals surface area contributed by atoms with Crippen molar-refractivity contribution in [1.29, 1.82) is 0 Å². The molecular formula is C32H30O3S. The van der Waals surface area contributed by atoms with Gasteiger partial charge in [-0.3, -0.25) is 0 Å². The summed E-state index contributed by atoms with van der Waals surface area (Å²) in [6.07, 6.45) is 3.75. The molecule has 1 unspecified atom stereocenters. The fourth-order valence-electron chi connectivity index (χ4n) is 3.30. The Morgan fingerprint density at radius 1 is 0.889 bits per heavy atom. The normalized spacial score (nSPS) is 11.4. The molecule has 1 atom stereocenters. The van der Waals surface area contributed by atoms with Gasteiger partial charge in [-0.05, 0) is 42.7 Å². The lowest BCUT2D eigenvalue weighted by molar-refractivity contribution is 0.0379. The third-order valence-corrected chi connectivity index (χ3v) is 6.03. The summed E-state index contributed by atoms with van der Waals surface area (Å²) in [5.41, 5.74) is 2.01. The van der Waals surface area contributed by atoms with Crippen LogP contribution in [0.5, 0.6) is 0 Å². The third-order valence-electron chi connectivity index (χ3n) is 5.14. The van der Waals surface area contributed by atoms with Gasteiger partial charge in [0.25, 0.3) is 0 Å². The van der Waals surface area contributed by atoms with Crippen LogP contribution in [0.2, 0.25) is 0 Å². The van der Waals surface area contributed by atoms with Crippen LogP contribution >= 0.6 is 11.8 Å². The lowest BCUT2D eigenvalue weighted by Gasteiger charge is -2.18. The van der Waals surface area contributed by atoms with Crippen molar-refractivity contribution in [1.82, 2.24) is 0 Å². The number of methoxy groups -OCH3 is 1. The molecule has 0 bridgehead atoms. The second-order valence-electron chi connectivity index (χ2n) is 7.84. The van der Waals surface area contributed by atoms with Crippen molar-refractivity contribution in [3.63, 3.8) is 0 Å². The van der Waals surface area contributed by atoms with E-state index >= 15 is 0 Å². The van der Waals surface area contributed by atoms with Crippen LogP contribution in [0.3, 0.4) is 0 Å². The van der Waals surface area contributed by atoms with Crippen molar-refractivity contribution in [2.75, 3.05) is 19.5 Å². The van der Waals surface area contributed by atoms with E-state index in [4.69, 9.17) is 9.47 Å². The van der Waals surface area contributed by atoms with Gasteiger partial charge in [-0.15, -0.1) is 11.8 Å². The second-order valence-corrected chi connectivity index (χ2v) is 8.89. The lowest BCUT2D eigenvalue weighted by atomic mass is 10.0. The number of esters is 1. The molecule has 0 radical (unpaired) electrons. The molecule has 0 amide bonds. The molecule has 36 heavy (non-hydrogen) atoms. The van der Waals surface area contributed by atoms with Crippen LogP contribution in [0.25, 0.3) is 0 Å². The zero-order chi connectivity index (χ0) is 25.3. The summed E-state index contributed by atoms with van der Waals surface area (Å²) in [5.74, 6) is 13.1. The molecule has 3 rings (SSSR count). The van der Waals surface area contributed by atoms with Crippen LogP contribution in [0.4, 0.5) is 0 Å². The second kappa shape index (κ2) is 16.1. The molecule has 0 aliphatic carbocycles. The smallest absolute Gasteiger partial charge is 0.339 e. The zero-order valence-electron chi connectivity index (χ0n) is 20.5. The Morgan fingerprint density at radius 2 is 1.56 bits per heavy atom. The first-order chi connectivity index (χ1) is 17.8. The molecular weight excluding hydrogens is 464 g/mol. The number of rotatable bonds is 10. The van der Waals surface area contributed by atoms with Crippen molar-refractivity contribution in [2.24, 2.45) is 0 Å². The lowest BCUT2D eigenvalue weighted by Crippen LogP contribution is -2.13. The molecule has 182 valence electrons. The molecule has 3 nitrogen and oxygen atoms in total. The van der Waals surface area contributed by atoms with E-state index in [1.54, 1.807) is 37.1 Å². The van der Waals surface area contributed by atoms with Gasteiger partial charge in [-0.25, -0.2) is 4.79 Å². The van der Waals surface area contributed by atoms with Gasteiger partial charge in [0.05, 0.1) is 16.9 Å². The van der Waals surface area contributed by atoms with Crippen LogP contribution in [0, 0.1) is 23.7 Å². The summed E-state index contributed by atoms with van der Waals surface area (Å²) in [4.78, 5) is 14.1. The predicted molar refractivity (Wildman–Crippen MR) is 148 cm³/mol. The summed E-state index contributed by atoms with van der Waals surface area (Å²) in [6, 6.07) is 28.8. The van der Waals surface area contributed by atoms with Gasteiger partial charge >= 0.3 is 5.97 Å². The fraction of sp³-hybridized carbons (Fsp3) is 0.219. The summed E-state index contributed by atoms with van der Waals surface area (Å²) in [7, 11) is 1.70.